The maximum absolute atomic E-state index is 12.0. The highest BCUT2D eigenvalue weighted by Crippen LogP contribution is 2.18. The number of hydrogen-bond acceptors (Lipinski definition) is 2. The lowest BCUT2D eigenvalue weighted by molar-refractivity contribution is -0.188. The van der Waals surface area contributed by atoms with E-state index >= 15 is 0 Å². The molecule has 0 aliphatic heterocycles. The van der Waals surface area contributed by atoms with E-state index in [1.165, 1.54) is 0 Å². The predicted molar refractivity (Wildman–Crippen MR) is 53.8 cm³/mol. The Morgan fingerprint density at radius 1 is 1.27 bits per heavy atom. The van der Waals surface area contributed by atoms with Gasteiger partial charge in [-0.25, -0.2) is 0 Å². The fourth-order valence-electron chi connectivity index (χ4n) is 1.55. The third-order valence-corrected chi connectivity index (χ3v) is 2.28. The molecular formula is C10H20F3NO. The summed E-state index contributed by atoms with van der Waals surface area (Å²) >= 11 is 0. The van der Waals surface area contributed by atoms with E-state index in [0.29, 0.717) is 6.42 Å². The summed E-state index contributed by atoms with van der Waals surface area (Å²) in [4.78, 5) is 0. The van der Waals surface area contributed by atoms with Crippen molar-refractivity contribution in [2.75, 3.05) is 13.7 Å². The molecule has 0 aromatic carbocycles. The molecule has 2 unspecified atom stereocenters. The molecule has 0 radical (unpaired) electrons. The zero-order chi connectivity index (χ0) is 11.9. The summed E-state index contributed by atoms with van der Waals surface area (Å²) in [5.74, 6) is 0. The predicted octanol–water partition coefficient (Wildman–Crippen LogP) is 2.73. The van der Waals surface area contributed by atoms with Crippen LogP contribution in [0.4, 0.5) is 13.2 Å². The van der Waals surface area contributed by atoms with Gasteiger partial charge in [-0.1, -0.05) is 20.3 Å². The first-order valence-electron chi connectivity index (χ1n) is 5.30. The maximum atomic E-state index is 12.0. The van der Waals surface area contributed by atoms with Gasteiger partial charge in [-0.05, 0) is 19.9 Å². The molecule has 15 heavy (non-hydrogen) atoms. The third-order valence-electron chi connectivity index (χ3n) is 2.28. The molecule has 0 aliphatic rings. The number of alkyl halides is 3. The van der Waals surface area contributed by atoms with Gasteiger partial charge in [0.05, 0.1) is 6.10 Å². The minimum Gasteiger partial charge on any atom is -0.367 e. The molecule has 92 valence electrons. The first kappa shape index (κ1) is 14.7. The van der Waals surface area contributed by atoms with Gasteiger partial charge in [-0.3, -0.25) is 0 Å². The minimum atomic E-state index is -4.24. The molecule has 0 bridgehead atoms. The van der Waals surface area contributed by atoms with Crippen molar-refractivity contribution < 1.29 is 17.9 Å². The second-order valence-electron chi connectivity index (χ2n) is 3.56. The normalized spacial score (nSPS) is 16.4. The van der Waals surface area contributed by atoms with Crippen LogP contribution < -0.4 is 5.32 Å². The molecule has 0 heterocycles. The van der Waals surface area contributed by atoms with Crippen molar-refractivity contribution in [2.24, 2.45) is 0 Å². The van der Waals surface area contributed by atoms with Gasteiger partial charge in [-0.15, -0.1) is 0 Å². The van der Waals surface area contributed by atoms with Crippen molar-refractivity contribution in [3.8, 4) is 0 Å². The number of hydrogen-bond donors (Lipinski definition) is 1. The molecule has 2 nitrogen and oxygen atoms in total. The van der Waals surface area contributed by atoms with Gasteiger partial charge in [0.15, 0.2) is 0 Å². The van der Waals surface area contributed by atoms with Gasteiger partial charge in [0, 0.05) is 6.04 Å². The molecule has 0 amide bonds. The Labute approximate surface area is 89.2 Å². The van der Waals surface area contributed by atoms with Crippen molar-refractivity contribution in [2.45, 2.75) is 51.4 Å². The molecule has 2 atom stereocenters. The summed E-state index contributed by atoms with van der Waals surface area (Å²) < 4.78 is 40.8. The molecule has 0 aliphatic carbocycles. The molecular weight excluding hydrogens is 207 g/mol. The van der Waals surface area contributed by atoms with Gasteiger partial charge < -0.3 is 10.1 Å². The van der Waals surface area contributed by atoms with Crippen LogP contribution in [0, 0.1) is 0 Å². The molecule has 1 N–H and O–H groups in total. The molecule has 0 rings (SSSR count). The van der Waals surface area contributed by atoms with Crippen LogP contribution in [-0.4, -0.2) is 32.0 Å². The van der Waals surface area contributed by atoms with Gasteiger partial charge >= 0.3 is 6.18 Å². The lowest BCUT2D eigenvalue weighted by atomic mass is 10.0. The van der Waals surface area contributed by atoms with Crippen LogP contribution in [0.15, 0.2) is 0 Å². The van der Waals surface area contributed by atoms with Crippen LogP contribution >= 0.6 is 0 Å². The van der Waals surface area contributed by atoms with Crippen LogP contribution in [0.3, 0.4) is 0 Å². The smallest absolute Gasteiger partial charge is 0.367 e. The second kappa shape index (κ2) is 7.06. The third kappa shape index (κ3) is 6.73. The maximum Gasteiger partial charge on any atom is 0.411 e. The summed E-state index contributed by atoms with van der Waals surface area (Å²) in [6, 6.07) is 0.00218. The number of halogens is 3. The van der Waals surface area contributed by atoms with Crippen molar-refractivity contribution in [1.82, 2.24) is 5.32 Å². The van der Waals surface area contributed by atoms with Crippen LogP contribution in [0.2, 0.25) is 0 Å². The SMILES string of the molecule is CCCC(NC)C(CC)OCC(F)(F)F. The van der Waals surface area contributed by atoms with Crippen molar-refractivity contribution >= 4 is 0 Å². The lowest BCUT2D eigenvalue weighted by Crippen LogP contribution is -2.40. The Bertz CT molecular complexity index is 161. The molecule has 0 fully saturated rings. The average Bonchev–Trinajstić information content (AvgIpc) is 2.15. The van der Waals surface area contributed by atoms with Gasteiger partial charge in [0.2, 0.25) is 0 Å². The second-order valence-corrected chi connectivity index (χ2v) is 3.56. The fourth-order valence-corrected chi connectivity index (χ4v) is 1.55. The summed E-state index contributed by atoms with van der Waals surface area (Å²) in [6.07, 6.45) is -2.26. The zero-order valence-corrected chi connectivity index (χ0v) is 9.53. The van der Waals surface area contributed by atoms with E-state index in [2.05, 4.69) is 5.32 Å². The van der Waals surface area contributed by atoms with Crippen molar-refractivity contribution in [3.05, 3.63) is 0 Å². The Morgan fingerprint density at radius 3 is 2.20 bits per heavy atom. The van der Waals surface area contributed by atoms with Crippen molar-refractivity contribution in [1.29, 1.82) is 0 Å². The van der Waals surface area contributed by atoms with E-state index in [-0.39, 0.29) is 12.1 Å². The van der Waals surface area contributed by atoms with Crippen LogP contribution in [-0.2, 0) is 4.74 Å². The van der Waals surface area contributed by atoms with Crippen LogP contribution in [0.25, 0.3) is 0 Å². The number of ether oxygens (including phenoxy) is 1. The molecule has 0 spiro atoms. The summed E-state index contributed by atoms with van der Waals surface area (Å²) in [5.41, 5.74) is 0. The minimum absolute atomic E-state index is 0.00218. The number of nitrogens with one attached hydrogen (secondary N) is 1. The monoisotopic (exact) mass is 227 g/mol. The topological polar surface area (TPSA) is 21.3 Å². The quantitative estimate of drug-likeness (QED) is 0.722. The van der Waals surface area contributed by atoms with E-state index in [9.17, 15) is 13.2 Å². The highest BCUT2D eigenvalue weighted by atomic mass is 19.4. The summed E-state index contributed by atoms with van der Waals surface area (Å²) in [7, 11) is 1.75. The Kier molecular flexibility index (Phi) is 6.92. The average molecular weight is 227 g/mol. The lowest BCUT2D eigenvalue weighted by Gasteiger charge is -2.26. The first-order chi connectivity index (χ1) is 6.94. The van der Waals surface area contributed by atoms with E-state index < -0.39 is 12.8 Å². The Hall–Kier alpha value is -0.290. The number of rotatable bonds is 7. The van der Waals surface area contributed by atoms with E-state index in [4.69, 9.17) is 4.74 Å². The van der Waals surface area contributed by atoms with Crippen LogP contribution in [0.5, 0.6) is 0 Å². The van der Waals surface area contributed by atoms with Crippen LogP contribution in [0.1, 0.15) is 33.1 Å². The van der Waals surface area contributed by atoms with E-state index in [0.717, 1.165) is 12.8 Å². The Balaban J connectivity index is 4.09. The fraction of sp³-hybridized carbons (Fsp3) is 1.00. The standard InChI is InChI=1S/C10H20F3NO/c1-4-6-8(14-3)9(5-2)15-7-10(11,12)13/h8-9,14H,4-7H2,1-3H3. The first-order valence-corrected chi connectivity index (χ1v) is 5.30. The van der Waals surface area contributed by atoms with Crippen molar-refractivity contribution in [3.63, 3.8) is 0 Å². The van der Waals surface area contributed by atoms with Gasteiger partial charge in [-0.2, -0.15) is 13.2 Å². The van der Waals surface area contributed by atoms with E-state index in [1.54, 1.807) is 7.05 Å². The largest absolute Gasteiger partial charge is 0.411 e. The molecule has 0 saturated carbocycles. The molecule has 0 saturated heterocycles. The zero-order valence-electron chi connectivity index (χ0n) is 9.53. The Morgan fingerprint density at radius 2 is 1.87 bits per heavy atom. The highest BCUT2D eigenvalue weighted by molar-refractivity contribution is 4.74. The van der Waals surface area contributed by atoms with Gasteiger partial charge in [0.25, 0.3) is 0 Å². The molecule has 0 aromatic rings. The number of likely N-dealkylation sites (N-methyl/N-ethyl adjacent to an activating group) is 1. The van der Waals surface area contributed by atoms with E-state index in [1.807, 2.05) is 13.8 Å². The summed E-state index contributed by atoms with van der Waals surface area (Å²) in [6.45, 7) is 2.68. The molecule has 0 aromatic heterocycles. The highest BCUT2D eigenvalue weighted by Gasteiger charge is 2.30. The van der Waals surface area contributed by atoms with Gasteiger partial charge in [0.1, 0.15) is 6.61 Å². The molecule has 5 heteroatoms. The summed E-state index contributed by atoms with van der Waals surface area (Å²) in [5, 5.41) is 3.00.